The number of hydrogen-bond donors (Lipinski definition) is 2. The molecule has 10 nitrogen and oxygen atoms in total. The topological polar surface area (TPSA) is 127 Å². The van der Waals surface area contributed by atoms with Crippen molar-refractivity contribution >= 4 is 22.6 Å². The summed E-state index contributed by atoms with van der Waals surface area (Å²) in [6, 6.07) is 8.07. The van der Waals surface area contributed by atoms with E-state index in [4.69, 9.17) is 9.90 Å². The van der Waals surface area contributed by atoms with E-state index >= 15 is 0 Å². The molecule has 0 saturated carbocycles. The molecule has 2 N–H and O–H groups in total. The molecule has 172 valence electrons. The van der Waals surface area contributed by atoms with Gasteiger partial charge in [-0.1, -0.05) is 30.7 Å². The molecular formula is C21H27N5O5S. The van der Waals surface area contributed by atoms with Gasteiger partial charge >= 0.3 is 0 Å². The Bertz CT molecular complexity index is 1070. The number of fused-ring (bicyclic) bond motifs is 2. The number of aromatic amines is 1. The molecule has 1 aromatic heterocycles. The van der Waals surface area contributed by atoms with Crippen molar-refractivity contribution in [1.29, 1.82) is 0 Å². The van der Waals surface area contributed by atoms with E-state index < -0.39 is 10.2 Å². The Morgan fingerprint density at radius 2 is 1.62 bits per heavy atom. The van der Waals surface area contributed by atoms with Crippen LogP contribution in [0.5, 0.6) is 0 Å². The smallest absolute Gasteiger partial charge is 0.290 e. The maximum Gasteiger partial charge on any atom is 0.290 e. The molecule has 32 heavy (non-hydrogen) atoms. The number of piperidine rings is 1. The third-order valence-electron chi connectivity index (χ3n) is 6.20. The summed E-state index contributed by atoms with van der Waals surface area (Å²) in [5.74, 6) is -0.0916. The molecule has 0 bridgehead atoms. The quantitative estimate of drug-likeness (QED) is 0.665. The van der Waals surface area contributed by atoms with Crippen LogP contribution in [-0.2, 0) is 41.1 Å². The lowest BCUT2D eigenvalue weighted by atomic mass is 10.1. The van der Waals surface area contributed by atoms with E-state index in [0.29, 0.717) is 44.8 Å². The first-order valence-corrected chi connectivity index (χ1v) is 12.1. The van der Waals surface area contributed by atoms with Gasteiger partial charge in [0.1, 0.15) is 0 Å². The van der Waals surface area contributed by atoms with Crippen LogP contribution in [0.25, 0.3) is 0 Å². The van der Waals surface area contributed by atoms with Crippen molar-refractivity contribution in [3.05, 3.63) is 52.3 Å². The normalized spacial score (nSPS) is 18.9. The van der Waals surface area contributed by atoms with Crippen LogP contribution in [0.2, 0.25) is 0 Å². The number of H-pyrrole nitrogens is 1. The van der Waals surface area contributed by atoms with Crippen molar-refractivity contribution in [2.45, 2.75) is 45.3 Å². The lowest BCUT2D eigenvalue weighted by Gasteiger charge is -2.33. The third-order valence-corrected chi connectivity index (χ3v) is 8.18. The number of carbonyl (C=O) groups is 2. The first kappa shape index (κ1) is 22.4. The molecule has 1 aromatic carbocycles. The van der Waals surface area contributed by atoms with E-state index in [1.807, 2.05) is 24.3 Å². The highest BCUT2D eigenvalue weighted by molar-refractivity contribution is 7.86. The molecule has 0 spiro atoms. The summed E-state index contributed by atoms with van der Waals surface area (Å²) in [7, 11) is -3.47. The van der Waals surface area contributed by atoms with Crippen LogP contribution in [-0.4, -0.2) is 69.2 Å². The number of nitrogens with one attached hydrogen (secondary N) is 1. The zero-order valence-corrected chi connectivity index (χ0v) is 18.6. The van der Waals surface area contributed by atoms with Gasteiger partial charge in [-0.15, -0.1) is 0 Å². The Hall–Kier alpha value is -2.76. The molecule has 3 aliphatic heterocycles. The van der Waals surface area contributed by atoms with Crippen LogP contribution in [0.4, 0.5) is 0 Å². The SMILES string of the molecule is O=C(c1n[nH]c2c1CCN(S(=O)(=O)N1CCCCC1)C2)N1Cc2ccccc2C1.O=CO. The number of carbonyl (C=O) groups excluding carboxylic acids is 1. The molecule has 0 unspecified atom stereocenters. The predicted octanol–water partition coefficient (Wildman–Crippen LogP) is 1.36. The van der Waals surface area contributed by atoms with Gasteiger partial charge in [-0.05, 0) is 30.4 Å². The van der Waals surface area contributed by atoms with Gasteiger partial charge in [-0.25, -0.2) is 0 Å². The number of rotatable bonds is 3. The largest absolute Gasteiger partial charge is 0.483 e. The maximum atomic E-state index is 13.1. The minimum Gasteiger partial charge on any atom is -0.483 e. The maximum absolute atomic E-state index is 13.1. The number of carboxylic acid groups (broad SMARTS) is 1. The van der Waals surface area contributed by atoms with Gasteiger partial charge in [0.2, 0.25) is 0 Å². The zero-order valence-electron chi connectivity index (χ0n) is 17.7. The van der Waals surface area contributed by atoms with E-state index in [2.05, 4.69) is 10.2 Å². The van der Waals surface area contributed by atoms with Gasteiger partial charge in [0.05, 0.1) is 12.2 Å². The molecular weight excluding hydrogens is 434 g/mol. The van der Waals surface area contributed by atoms with Crippen molar-refractivity contribution in [2.24, 2.45) is 0 Å². The third kappa shape index (κ3) is 4.27. The van der Waals surface area contributed by atoms with Gasteiger partial charge in [-0.3, -0.25) is 14.7 Å². The van der Waals surface area contributed by atoms with Gasteiger partial charge in [-0.2, -0.15) is 22.1 Å². The van der Waals surface area contributed by atoms with Crippen LogP contribution in [0.1, 0.15) is 52.1 Å². The summed E-state index contributed by atoms with van der Waals surface area (Å²) in [6.45, 7) is 2.74. The molecule has 11 heteroatoms. The Kier molecular flexibility index (Phi) is 6.58. The van der Waals surface area contributed by atoms with Gasteiger partial charge in [0.15, 0.2) is 5.69 Å². The molecule has 0 aliphatic carbocycles. The molecule has 3 aliphatic rings. The molecule has 0 radical (unpaired) electrons. The first-order valence-electron chi connectivity index (χ1n) is 10.7. The summed E-state index contributed by atoms with van der Waals surface area (Å²) in [6.07, 6.45) is 3.42. The number of nitrogens with zero attached hydrogens (tertiary/aromatic N) is 4. The minimum atomic E-state index is -3.47. The van der Waals surface area contributed by atoms with E-state index in [1.54, 1.807) is 9.21 Å². The van der Waals surface area contributed by atoms with Crippen LogP contribution in [0.15, 0.2) is 24.3 Å². The van der Waals surface area contributed by atoms with Crippen LogP contribution in [0.3, 0.4) is 0 Å². The average Bonchev–Trinajstić information content (AvgIpc) is 3.43. The monoisotopic (exact) mass is 461 g/mol. The summed E-state index contributed by atoms with van der Waals surface area (Å²) in [5, 5.41) is 14.1. The van der Waals surface area contributed by atoms with Crippen molar-refractivity contribution in [3.63, 3.8) is 0 Å². The predicted molar refractivity (Wildman–Crippen MR) is 116 cm³/mol. The van der Waals surface area contributed by atoms with Crippen LogP contribution < -0.4 is 0 Å². The van der Waals surface area contributed by atoms with Gasteiger partial charge < -0.3 is 10.0 Å². The summed E-state index contributed by atoms with van der Waals surface area (Å²) < 4.78 is 29.0. The average molecular weight is 462 g/mol. The zero-order chi connectivity index (χ0) is 22.7. The first-order chi connectivity index (χ1) is 15.5. The fraction of sp³-hybridized carbons (Fsp3) is 0.476. The lowest BCUT2D eigenvalue weighted by molar-refractivity contribution is -0.122. The second-order valence-corrected chi connectivity index (χ2v) is 10.0. The van der Waals surface area contributed by atoms with Crippen molar-refractivity contribution in [3.8, 4) is 0 Å². The number of aromatic nitrogens is 2. The van der Waals surface area contributed by atoms with E-state index in [0.717, 1.165) is 30.5 Å². The Morgan fingerprint density at radius 1 is 1.00 bits per heavy atom. The molecule has 0 atom stereocenters. The van der Waals surface area contributed by atoms with E-state index in [-0.39, 0.29) is 18.9 Å². The minimum absolute atomic E-state index is 0.0916. The number of hydrogen-bond acceptors (Lipinski definition) is 5. The van der Waals surface area contributed by atoms with E-state index in [1.165, 1.54) is 15.4 Å². The standard InChI is InChI=1S/C20H25N5O3S.CH2O2/c26-20(23-12-15-6-2-3-7-16(15)13-23)19-17-8-11-25(14-18(17)21-22-19)29(27,28)24-9-4-1-5-10-24;2-1-3/h2-3,6-7H,1,4-5,8-14H2,(H,21,22);1H,(H,2,3). The second kappa shape index (κ2) is 9.39. The Balaban J connectivity index is 0.000000775. The number of amides is 1. The van der Waals surface area contributed by atoms with Crippen molar-refractivity contribution in [1.82, 2.24) is 23.7 Å². The lowest BCUT2D eigenvalue weighted by Crippen LogP contribution is -2.47. The molecule has 4 heterocycles. The summed E-state index contributed by atoms with van der Waals surface area (Å²) in [4.78, 5) is 23.2. The Labute approximate surface area is 187 Å². The van der Waals surface area contributed by atoms with Crippen molar-refractivity contribution in [2.75, 3.05) is 19.6 Å². The Morgan fingerprint density at radius 3 is 2.25 bits per heavy atom. The van der Waals surface area contributed by atoms with E-state index in [9.17, 15) is 13.2 Å². The fourth-order valence-electron chi connectivity index (χ4n) is 4.55. The highest BCUT2D eigenvalue weighted by atomic mass is 32.2. The molecule has 5 rings (SSSR count). The fourth-order valence-corrected chi connectivity index (χ4v) is 6.21. The molecule has 1 saturated heterocycles. The van der Waals surface area contributed by atoms with Crippen molar-refractivity contribution < 1.29 is 23.1 Å². The highest BCUT2D eigenvalue weighted by Gasteiger charge is 2.36. The van der Waals surface area contributed by atoms with Crippen LogP contribution in [0, 0.1) is 0 Å². The number of benzene rings is 1. The summed E-state index contributed by atoms with van der Waals surface area (Å²) >= 11 is 0. The summed E-state index contributed by atoms with van der Waals surface area (Å²) in [5.41, 5.74) is 4.36. The van der Waals surface area contributed by atoms with Gasteiger partial charge in [0.25, 0.3) is 22.6 Å². The van der Waals surface area contributed by atoms with Gasteiger partial charge in [0, 0.05) is 38.3 Å². The molecule has 2 aromatic rings. The highest BCUT2D eigenvalue weighted by Crippen LogP contribution is 2.28. The second-order valence-electron chi connectivity index (χ2n) is 8.12. The van der Waals surface area contributed by atoms with Crippen LogP contribution >= 0.6 is 0 Å². The molecule has 1 fully saturated rings. The molecule has 1 amide bonds.